The first-order valence-corrected chi connectivity index (χ1v) is 7.18. The van der Waals surface area contributed by atoms with Crippen molar-refractivity contribution in [2.24, 2.45) is 0 Å². The van der Waals surface area contributed by atoms with Crippen LogP contribution in [0.25, 0.3) is 0 Å². The molecule has 0 saturated heterocycles. The molecule has 0 fully saturated rings. The summed E-state index contributed by atoms with van der Waals surface area (Å²) in [7, 11) is 0. The Kier molecular flexibility index (Phi) is 5.41. The minimum absolute atomic E-state index is 0.314. The third-order valence-electron chi connectivity index (χ3n) is 1.72. The zero-order valence-electron chi connectivity index (χ0n) is 7.59. The standard InChI is InChI=1S/C11H16I/c1-2-3-7-10-12-11-8-5-4-6-9-11/h4-6,8-9H,2-3,7,10H2,1H3/q-1. The Hall–Kier alpha value is -0.0500. The molecule has 0 aromatic heterocycles. The van der Waals surface area contributed by atoms with Crippen molar-refractivity contribution in [3.05, 3.63) is 33.9 Å². The van der Waals surface area contributed by atoms with Gasteiger partial charge in [-0.3, -0.25) is 0 Å². The molecule has 0 saturated carbocycles. The van der Waals surface area contributed by atoms with Crippen molar-refractivity contribution in [1.29, 1.82) is 0 Å². The topological polar surface area (TPSA) is 0 Å². The Morgan fingerprint density at radius 3 is 2.50 bits per heavy atom. The van der Waals surface area contributed by atoms with E-state index in [0.717, 1.165) is 0 Å². The van der Waals surface area contributed by atoms with Crippen LogP contribution in [0.5, 0.6) is 0 Å². The molecule has 0 unspecified atom stereocenters. The van der Waals surface area contributed by atoms with E-state index in [9.17, 15) is 0 Å². The number of halogens is 1. The molecule has 1 rings (SSSR count). The van der Waals surface area contributed by atoms with E-state index < -0.39 is 0 Å². The Balaban J connectivity index is 2.16. The minimum atomic E-state index is 0.314. The van der Waals surface area contributed by atoms with Crippen molar-refractivity contribution in [2.75, 3.05) is 4.43 Å². The van der Waals surface area contributed by atoms with Gasteiger partial charge in [0.25, 0.3) is 0 Å². The fourth-order valence-corrected chi connectivity index (χ4v) is 3.49. The molecule has 0 aliphatic heterocycles. The first kappa shape index (κ1) is 10.0. The van der Waals surface area contributed by atoms with Gasteiger partial charge in [0.05, 0.1) is 0 Å². The number of hydrogen-bond donors (Lipinski definition) is 0. The second-order valence-electron chi connectivity index (χ2n) is 2.83. The fraction of sp³-hybridized carbons (Fsp3) is 0.455. The van der Waals surface area contributed by atoms with Crippen LogP contribution in [0.2, 0.25) is 0 Å². The molecule has 0 radical (unpaired) electrons. The number of benzene rings is 1. The summed E-state index contributed by atoms with van der Waals surface area (Å²) < 4.78 is 3.05. The van der Waals surface area contributed by atoms with Gasteiger partial charge >= 0.3 is 85.7 Å². The number of rotatable bonds is 5. The van der Waals surface area contributed by atoms with Crippen LogP contribution in [0.4, 0.5) is 0 Å². The predicted octanol–water partition coefficient (Wildman–Crippen LogP) is 0.135. The monoisotopic (exact) mass is 275 g/mol. The molecule has 0 N–H and O–H groups in total. The van der Waals surface area contributed by atoms with Crippen LogP contribution in [-0.4, -0.2) is 4.43 Å². The zero-order chi connectivity index (χ0) is 8.65. The molecule has 1 aromatic carbocycles. The Bertz CT molecular complexity index is 193. The van der Waals surface area contributed by atoms with Crippen LogP contribution in [-0.2, 0) is 0 Å². The van der Waals surface area contributed by atoms with Crippen molar-refractivity contribution in [3.63, 3.8) is 0 Å². The third-order valence-corrected chi connectivity index (χ3v) is 4.62. The van der Waals surface area contributed by atoms with Gasteiger partial charge in [0.1, 0.15) is 0 Å². The van der Waals surface area contributed by atoms with Gasteiger partial charge in [0, 0.05) is 0 Å². The molecule has 0 nitrogen and oxygen atoms in total. The van der Waals surface area contributed by atoms with Crippen LogP contribution in [0, 0.1) is 3.57 Å². The molecule has 12 heavy (non-hydrogen) atoms. The molecule has 0 bridgehead atoms. The van der Waals surface area contributed by atoms with E-state index in [-0.39, 0.29) is 0 Å². The average molecular weight is 275 g/mol. The Morgan fingerprint density at radius 1 is 1.08 bits per heavy atom. The molecule has 68 valence electrons. The normalized spacial score (nSPS) is 10.4. The van der Waals surface area contributed by atoms with Gasteiger partial charge in [-0.2, -0.15) is 0 Å². The summed E-state index contributed by atoms with van der Waals surface area (Å²) in [6.45, 7) is 2.26. The fourth-order valence-electron chi connectivity index (χ4n) is 1.02. The van der Waals surface area contributed by atoms with Crippen molar-refractivity contribution in [1.82, 2.24) is 0 Å². The summed E-state index contributed by atoms with van der Waals surface area (Å²) >= 11 is 0.314. The van der Waals surface area contributed by atoms with E-state index in [0.29, 0.717) is 21.2 Å². The second kappa shape index (κ2) is 6.46. The van der Waals surface area contributed by atoms with E-state index in [2.05, 4.69) is 37.3 Å². The van der Waals surface area contributed by atoms with Gasteiger partial charge in [-0.25, -0.2) is 0 Å². The van der Waals surface area contributed by atoms with Gasteiger partial charge in [-0.15, -0.1) is 0 Å². The van der Waals surface area contributed by atoms with E-state index >= 15 is 0 Å². The molecule has 0 aliphatic rings. The molecular formula is C11H16I-. The SMILES string of the molecule is CCCCC[I-]c1ccccc1. The number of hydrogen-bond acceptors (Lipinski definition) is 0. The first-order chi connectivity index (χ1) is 5.93. The van der Waals surface area contributed by atoms with Crippen LogP contribution in [0.1, 0.15) is 26.2 Å². The van der Waals surface area contributed by atoms with Gasteiger partial charge in [0.15, 0.2) is 0 Å². The number of unbranched alkanes of at least 4 members (excludes halogenated alkanes) is 2. The molecule has 0 spiro atoms. The summed E-state index contributed by atoms with van der Waals surface area (Å²) in [5.41, 5.74) is 0. The van der Waals surface area contributed by atoms with Crippen molar-refractivity contribution < 1.29 is 21.2 Å². The maximum absolute atomic E-state index is 2.26. The Labute approximate surface area is 85.6 Å². The molecule has 0 amide bonds. The van der Waals surface area contributed by atoms with Gasteiger partial charge in [-0.05, 0) is 0 Å². The average Bonchev–Trinajstić information content (AvgIpc) is 2.14. The second-order valence-corrected chi connectivity index (χ2v) is 5.91. The van der Waals surface area contributed by atoms with Crippen molar-refractivity contribution >= 4 is 0 Å². The van der Waals surface area contributed by atoms with Crippen molar-refractivity contribution in [2.45, 2.75) is 26.2 Å². The summed E-state index contributed by atoms with van der Waals surface area (Å²) in [5.74, 6) is 0. The maximum atomic E-state index is 2.26. The van der Waals surface area contributed by atoms with Crippen LogP contribution in [0.15, 0.2) is 30.3 Å². The van der Waals surface area contributed by atoms with E-state index in [4.69, 9.17) is 0 Å². The molecule has 0 heterocycles. The quantitative estimate of drug-likeness (QED) is 0.407. The molecule has 0 aliphatic carbocycles. The van der Waals surface area contributed by atoms with Crippen LogP contribution < -0.4 is 21.2 Å². The molecule has 1 heteroatoms. The van der Waals surface area contributed by atoms with Crippen molar-refractivity contribution in [3.8, 4) is 0 Å². The zero-order valence-corrected chi connectivity index (χ0v) is 9.75. The van der Waals surface area contributed by atoms with E-state index in [1.807, 2.05) is 0 Å². The summed E-state index contributed by atoms with van der Waals surface area (Å²) in [6.07, 6.45) is 4.18. The molecular weight excluding hydrogens is 259 g/mol. The summed E-state index contributed by atoms with van der Waals surface area (Å²) in [4.78, 5) is 0. The number of alkyl halides is 1. The summed E-state index contributed by atoms with van der Waals surface area (Å²) in [5, 5.41) is 0. The van der Waals surface area contributed by atoms with E-state index in [1.165, 1.54) is 23.7 Å². The molecule has 0 atom stereocenters. The van der Waals surface area contributed by atoms with Gasteiger partial charge < -0.3 is 0 Å². The van der Waals surface area contributed by atoms with Crippen LogP contribution in [0.3, 0.4) is 0 Å². The van der Waals surface area contributed by atoms with E-state index in [1.54, 1.807) is 3.57 Å². The Morgan fingerprint density at radius 2 is 1.83 bits per heavy atom. The predicted molar refractivity (Wildman–Crippen MR) is 49.5 cm³/mol. The first-order valence-electron chi connectivity index (χ1n) is 4.57. The van der Waals surface area contributed by atoms with Gasteiger partial charge in [-0.1, -0.05) is 0 Å². The summed E-state index contributed by atoms with van der Waals surface area (Å²) in [6, 6.07) is 10.9. The molecule has 1 aromatic rings. The third kappa shape index (κ3) is 4.10. The van der Waals surface area contributed by atoms with Crippen LogP contribution >= 0.6 is 0 Å². The van der Waals surface area contributed by atoms with Gasteiger partial charge in [0.2, 0.25) is 0 Å².